The number of aliphatic hydroxyl groups excluding tert-OH is 1. The van der Waals surface area contributed by atoms with Crippen molar-refractivity contribution in [3.63, 3.8) is 0 Å². The summed E-state index contributed by atoms with van der Waals surface area (Å²) >= 11 is 1.36. The van der Waals surface area contributed by atoms with E-state index in [1.54, 1.807) is 6.26 Å². The van der Waals surface area contributed by atoms with E-state index in [1.807, 2.05) is 0 Å². The van der Waals surface area contributed by atoms with Gasteiger partial charge in [0, 0.05) is 0 Å². The minimum absolute atomic E-state index is 0.0906. The smallest absolute Gasteiger partial charge is 0.326 e. The molecule has 0 aromatic rings. The maximum absolute atomic E-state index is 12.4. The van der Waals surface area contributed by atoms with E-state index in [9.17, 15) is 34.2 Å². The van der Waals surface area contributed by atoms with Gasteiger partial charge in [0.15, 0.2) is 0 Å². The van der Waals surface area contributed by atoms with Gasteiger partial charge in [0.1, 0.15) is 18.1 Å². The maximum atomic E-state index is 12.4. The van der Waals surface area contributed by atoms with Crippen molar-refractivity contribution >= 4 is 41.4 Å². The van der Waals surface area contributed by atoms with Crippen molar-refractivity contribution in [2.75, 3.05) is 25.2 Å². The Bertz CT molecular complexity index is 651. The fourth-order valence-corrected chi connectivity index (χ4v) is 3.01. The molecule has 4 atom stereocenters. The van der Waals surface area contributed by atoms with Gasteiger partial charge >= 0.3 is 11.9 Å². The Morgan fingerprint density at radius 2 is 1.44 bits per heavy atom. The van der Waals surface area contributed by atoms with Crippen molar-refractivity contribution in [3.8, 4) is 0 Å². The molecule has 13 nitrogen and oxygen atoms in total. The highest BCUT2D eigenvalue weighted by Gasteiger charge is 2.31. The van der Waals surface area contributed by atoms with Crippen LogP contribution in [-0.2, 0) is 24.0 Å². The fourth-order valence-electron chi connectivity index (χ4n) is 2.53. The number of carbonyl (C=O) groups is 5. The monoisotopic (exact) mass is 479 g/mol. The van der Waals surface area contributed by atoms with Crippen LogP contribution in [0.4, 0.5) is 0 Å². The summed E-state index contributed by atoms with van der Waals surface area (Å²) in [7, 11) is 0. The predicted octanol–water partition coefficient (Wildman–Crippen LogP) is -2.80. The van der Waals surface area contributed by atoms with Crippen molar-refractivity contribution in [1.29, 1.82) is 0 Å². The summed E-state index contributed by atoms with van der Waals surface area (Å²) < 4.78 is 0. The first kappa shape index (κ1) is 29.6. The molecule has 4 unspecified atom stereocenters. The van der Waals surface area contributed by atoms with Crippen LogP contribution in [0.15, 0.2) is 0 Å². The van der Waals surface area contributed by atoms with E-state index in [1.165, 1.54) is 11.8 Å². The predicted molar refractivity (Wildman–Crippen MR) is 117 cm³/mol. The number of aliphatic hydroxyl groups is 1. The molecule has 32 heavy (non-hydrogen) atoms. The van der Waals surface area contributed by atoms with Crippen molar-refractivity contribution < 1.29 is 39.3 Å². The largest absolute Gasteiger partial charge is 0.481 e. The van der Waals surface area contributed by atoms with E-state index in [-0.39, 0.29) is 6.42 Å². The summed E-state index contributed by atoms with van der Waals surface area (Å²) in [5.41, 5.74) is 11.1. The minimum atomic E-state index is -1.62. The van der Waals surface area contributed by atoms with Crippen molar-refractivity contribution in [1.82, 2.24) is 16.0 Å². The van der Waals surface area contributed by atoms with E-state index in [0.29, 0.717) is 31.6 Å². The van der Waals surface area contributed by atoms with E-state index in [2.05, 4.69) is 16.0 Å². The first-order valence-electron chi connectivity index (χ1n) is 9.98. The number of nitrogens with one attached hydrogen (secondary N) is 3. The van der Waals surface area contributed by atoms with Gasteiger partial charge in [-0.05, 0) is 37.8 Å². The summed E-state index contributed by atoms with van der Waals surface area (Å²) in [6.07, 6.45) is 2.56. The van der Waals surface area contributed by atoms with Gasteiger partial charge in [0.05, 0.1) is 19.1 Å². The number of rotatable bonds is 17. The van der Waals surface area contributed by atoms with Crippen LogP contribution in [-0.4, -0.2) is 94.3 Å². The van der Waals surface area contributed by atoms with Crippen LogP contribution < -0.4 is 27.4 Å². The molecule has 184 valence electrons. The molecule has 0 spiro atoms. The second-order valence-corrected chi connectivity index (χ2v) is 7.96. The number of aliphatic carboxylic acids is 2. The van der Waals surface area contributed by atoms with E-state index in [0.717, 1.165) is 0 Å². The van der Waals surface area contributed by atoms with Gasteiger partial charge in [0.25, 0.3) is 0 Å². The lowest BCUT2D eigenvalue weighted by molar-refractivity contribution is -0.143. The number of thioether (sulfide) groups is 1. The van der Waals surface area contributed by atoms with Crippen molar-refractivity contribution in [2.24, 2.45) is 11.5 Å². The highest BCUT2D eigenvalue weighted by atomic mass is 32.2. The Hall–Kier alpha value is -2.42. The molecule has 0 fully saturated rings. The molecule has 0 aliphatic rings. The third-order valence-corrected chi connectivity index (χ3v) is 5.00. The lowest BCUT2D eigenvalue weighted by atomic mass is 10.1. The third kappa shape index (κ3) is 11.8. The summed E-state index contributed by atoms with van der Waals surface area (Å²) in [6, 6.07) is -5.34. The van der Waals surface area contributed by atoms with E-state index < -0.39 is 66.9 Å². The molecule has 0 saturated heterocycles. The van der Waals surface area contributed by atoms with Gasteiger partial charge in [-0.15, -0.1) is 0 Å². The molecule has 0 radical (unpaired) electrons. The summed E-state index contributed by atoms with van der Waals surface area (Å²) in [5.74, 6) is -5.05. The highest BCUT2D eigenvalue weighted by molar-refractivity contribution is 7.98. The summed E-state index contributed by atoms with van der Waals surface area (Å²) in [5, 5.41) is 34.3. The SMILES string of the molecule is CSCCC(NC(=O)C(CC(=O)O)NC(=O)C(CO)NC(=O)C(N)CCCCN)C(=O)O. The normalized spacial score (nSPS) is 14.5. The number of unbranched alkanes of at least 4 members (excludes halogenated alkanes) is 1. The minimum Gasteiger partial charge on any atom is -0.481 e. The molecular formula is C18H33N5O8S. The molecule has 0 saturated carbocycles. The molecule has 10 N–H and O–H groups in total. The van der Waals surface area contributed by atoms with Gasteiger partial charge < -0.3 is 42.7 Å². The number of carboxylic acid groups (broad SMARTS) is 2. The topological polar surface area (TPSA) is 234 Å². The van der Waals surface area contributed by atoms with Gasteiger partial charge in [-0.3, -0.25) is 19.2 Å². The number of amides is 3. The Morgan fingerprint density at radius 3 is 1.94 bits per heavy atom. The fraction of sp³-hybridized carbons (Fsp3) is 0.722. The molecule has 0 rings (SSSR count). The van der Waals surface area contributed by atoms with Crippen molar-refractivity contribution in [3.05, 3.63) is 0 Å². The van der Waals surface area contributed by atoms with Crippen LogP contribution in [0.3, 0.4) is 0 Å². The molecule has 0 aliphatic heterocycles. The highest BCUT2D eigenvalue weighted by Crippen LogP contribution is 2.04. The summed E-state index contributed by atoms with van der Waals surface area (Å²) in [4.78, 5) is 59.5. The Morgan fingerprint density at radius 1 is 0.875 bits per heavy atom. The first-order chi connectivity index (χ1) is 15.1. The average Bonchev–Trinajstić information content (AvgIpc) is 2.73. The molecule has 14 heteroatoms. The lowest BCUT2D eigenvalue weighted by Crippen LogP contribution is -2.58. The van der Waals surface area contributed by atoms with E-state index in [4.69, 9.17) is 16.6 Å². The Kier molecular flexibility index (Phi) is 15.0. The van der Waals surface area contributed by atoms with Gasteiger partial charge in [-0.25, -0.2) is 4.79 Å². The molecule has 0 aromatic heterocycles. The average molecular weight is 480 g/mol. The zero-order chi connectivity index (χ0) is 24.7. The molecule has 0 aliphatic carbocycles. The third-order valence-electron chi connectivity index (χ3n) is 4.36. The first-order valence-corrected chi connectivity index (χ1v) is 11.4. The number of carboxylic acids is 2. The molecule has 0 aromatic carbocycles. The van der Waals surface area contributed by atoms with E-state index >= 15 is 0 Å². The molecular weight excluding hydrogens is 446 g/mol. The van der Waals surface area contributed by atoms with Crippen LogP contribution in [0.25, 0.3) is 0 Å². The molecule has 3 amide bonds. The maximum Gasteiger partial charge on any atom is 0.326 e. The Balaban J connectivity index is 5.15. The number of hydrogen-bond donors (Lipinski definition) is 8. The molecule has 0 bridgehead atoms. The zero-order valence-electron chi connectivity index (χ0n) is 17.9. The van der Waals surface area contributed by atoms with Crippen LogP contribution >= 0.6 is 11.8 Å². The van der Waals surface area contributed by atoms with Crippen LogP contribution in [0.5, 0.6) is 0 Å². The second-order valence-electron chi connectivity index (χ2n) is 6.97. The lowest BCUT2D eigenvalue weighted by Gasteiger charge is -2.23. The molecule has 0 heterocycles. The summed E-state index contributed by atoms with van der Waals surface area (Å²) in [6.45, 7) is -0.400. The van der Waals surface area contributed by atoms with Gasteiger partial charge in [0.2, 0.25) is 17.7 Å². The quantitative estimate of drug-likeness (QED) is 0.0992. The number of nitrogens with two attached hydrogens (primary N) is 2. The van der Waals surface area contributed by atoms with Crippen LogP contribution in [0.2, 0.25) is 0 Å². The standard InChI is InChI=1S/C18H33N5O8S/c1-32-7-5-11(18(30)31)21-16(28)12(8-14(25)26)22-17(29)13(9-24)23-15(27)10(20)4-2-3-6-19/h10-13,24H,2-9,19-20H2,1H3,(H,21,28)(H,22,29)(H,23,27)(H,25,26)(H,30,31). The van der Waals surface area contributed by atoms with Gasteiger partial charge in [-0.2, -0.15) is 11.8 Å². The zero-order valence-corrected chi connectivity index (χ0v) is 18.7. The number of hydrogen-bond acceptors (Lipinski definition) is 9. The van der Waals surface area contributed by atoms with Crippen LogP contribution in [0, 0.1) is 0 Å². The van der Waals surface area contributed by atoms with Gasteiger partial charge in [-0.1, -0.05) is 6.42 Å². The number of carbonyl (C=O) groups excluding carboxylic acids is 3. The Labute approximate surface area is 190 Å². The van der Waals surface area contributed by atoms with Crippen LogP contribution in [0.1, 0.15) is 32.1 Å². The van der Waals surface area contributed by atoms with Crippen molar-refractivity contribution in [2.45, 2.75) is 56.3 Å². The second kappa shape index (κ2) is 16.2.